The molecule has 6 heteroatoms. The van der Waals surface area contributed by atoms with Gasteiger partial charge in [0.15, 0.2) is 6.29 Å². The van der Waals surface area contributed by atoms with Crippen LogP contribution < -0.4 is 5.48 Å². The molecule has 1 N–H and O–H groups in total. The zero-order valence-electron chi connectivity index (χ0n) is 18.3. The summed E-state index contributed by atoms with van der Waals surface area (Å²) in [6.45, 7) is 4.92. The summed E-state index contributed by atoms with van der Waals surface area (Å²) >= 11 is 0. The molecular formula is C26H29N3O3. The largest absolute Gasteiger partial charge is 0.350 e. The first-order chi connectivity index (χ1) is 15.8. The third kappa shape index (κ3) is 3.62. The van der Waals surface area contributed by atoms with Crippen LogP contribution in [-0.4, -0.2) is 41.4 Å². The lowest BCUT2D eigenvalue weighted by molar-refractivity contribution is -0.186. The molecule has 4 heterocycles. The van der Waals surface area contributed by atoms with Crippen molar-refractivity contribution in [2.24, 2.45) is 0 Å². The second-order valence-electron chi connectivity index (χ2n) is 9.23. The van der Waals surface area contributed by atoms with Crippen molar-refractivity contribution < 1.29 is 14.4 Å². The van der Waals surface area contributed by atoms with Crippen molar-refractivity contribution >= 4 is 16.8 Å². The minimum atomic E-state index is -0.341. The summed E-state index contributed by atoms with van der Waals surface area (Å²) in [6, 6.07) is 16.7. The number of carbonyl (C=O) groups is 1. The molecule has 0 spiro atoms. The van der Waals surface area contributed by atoms with Crippen molar-refractivity contribution in [1.29, 1.82) is 0 Å². The van der Waals surface area contributed by atoms with Gasteiger partial charge in [-0.25, -0.2) is 10.3 Å². The highest BCUT2D eigenvalue weighted by Crippen LogP contribution is 2.42. The lowest BCUT2D eigenvalue weighted by Gasteiger charge is -2.25. The molecule has 2 bridgehead atoms. The Labute approximate surface area is 188 Å². The second kappa shape index (κ2) is 8.35. The van der Waals surface area contributed by atoms with Gasteiger partial charge in [0, 0.05) is 60.7 Å². The highest BCUT2D eigenvalue weighted by Gasteiger charge is 2.35. The Balaban J connectivity index is 1.21. The number of carbonyl (C=O) groups excluding carboxylic acids is 1. The predicted octanol–water partition coefficient (Wildman–Crippen LogP) is 4.18. The minimum Gasteiger partial charge on any atom is -0.350 e. The molecule has 32 heavy (non-hydrogen) atoms. The maximum atomic E-state index is 12.5. The molecule has 0 saturated carbocycles. The molecule has 0 aliphatic carbocycles. The Morgan fingerprint density at radius 1 is 1.09 bits per heavy atom. The third-order valence-electron chi connectivity index (χ3n) is 7.15. The molecule has 166 valence electrons. The highest BCUT2D eigenvalue weighted by atomic mass is 16.8. The maximum Gasteiger partial charge on any atom is 0.274 e. The summed E-state index contributed by atoms with van der Waals surface area (Å²) in [5.74, 6) is 0.419. The van der Waals surface area contributed by atoms with Crippen LogP contribution in [0, 0.1) is 0 Å². The molecule has 3 atom stereocenters. The number of nitrogens with zero attached hydrogens (tertiary/aromatic N) is 2. The van der Waals surface area contributed by atoms with Gasteiger partial charge in [0.05, 0.1) is 0 Å². The van der Waals surface area contributed by atoms with E-state index in [0.29, 0.717) is 18.1 Å². The number of hydrogen-bond donors (Lipinski definition) is 1. The number of para-hydroxylation sites is 1. The molecule has 3 unspecified atom stereocenters. The smallest absolute Gasteiger partial charge is 0.274 e. The van der Waals surface area contributed by atoms with E-state index in [2.05, 4.69) is 39.2 Å². The fourth-order valence-corrected chi connectivity index (χ4v) is 5.54. The first-order valence-corrected chi connectivity index (χ1v) is 11.7. The number of fused-ring (bicyclic) bond motifs is 6. The lowest BCUT2D eigenvalue weighted by atomic mass is 9.93. The highest BCUT2D eigenvalue weighted by molar-refractivity contribution is 5.93. The van der Waals surface area contributed by atoms with Gasteiger partial charge >= 0.3 is 0 Å². The van der Waals surface area contributed by atoms with Crippen LogP contribution in [0.5, 0.6) is 0 Å². The molecule has 2 saturated heterocycles. The lowest BCUT2D eigenvalue weighted by Crippen LogP contribution is -2.33. The average Bonchev–Trinajstić information content (AvgIpc) is 3.37. The second-order valence-corrected chi connectivity index (χ2v) is 9.23. The summed E-state index contributed by atoms with van der Waals surface area (Å²) in [7, 11) is 0. The van der Waals surface area contributed by atoms with Gasteiger partial charge in [0.2, 0.25) is 0 Å². The molecule has 2 fully saturated rings. The number of ether oxygens (including phenoxy) is 1. The van der Waals surface area contributed by atoms with E-state index in [4.69, 9.17) is 9.57 Å². The van der Waals surface area contributed by atoms with Crippen molar-refractivity contribution in [1.82, 2.24) is 14.9 Å². The van der Waals surface area contributed by atoms with Crippen LogP contribution in [0.4, 0.5) is 0 Å². The first kappa shape index (κ1) is 20.0. The third-order valence-corrected chi connectivity index (χ3v) is 7.15. The molecular weight excluding hydrogens is 402 g/mol. The van der Waals surface area contributed by atoms with E-state index in [9.17, 15) is 4.79 Å². The summed E-state index contributed by atoms with van der Waals surface area (Å²) in [5.41, 5.74) is 8.66. The monoisotopic (exact) mass is 431 g/mol. The quantitative estimate of drug-likeness (QED) is 0.616. The predicted molar refractivity (Wildman–Crippen MR) is 122 cm³/mol. The molecule has 6 nitrogen and oxygen atoms in total. The summed E-state index contributed by atoms with van der Waals surface area (Å²) in [6.07, 6.45) is 3.84. The van der Waals surface area contributed by atoms with E-state index in [1.54, 1.807) is 5.56 Å². The van der Waals surface area contributed by atoms with Gasteiger partial charge in [-0.05, 0) is 55.1 Å². The number of hydroxylamine groups is 1. The van der Waals surface area contributed by atoms with Crippen molar-refractivity contribution in [2.75, 3.05) is 19.7 Å². The molecule has 1 aromatic heterocycles. The van der Waals surface area contributed by atoms with Crippen LogP contribution in [0.25, 0.3) is 10.9 Å². The van der Waals surface area contributed by atoms with Crippen molar-refractivity contribution in [2.45, 2.75) is 51.0 Å². The Morgan fingerprint density at radius 3 is 2.81 bits per heavy atom. The van der Waals surface area contributed by atoms with Gasteiger partial charge in [-0.3, -0.25) is 9.69 Å². The zero-order valence-corrected chi connectivity index (χ0v) is 18.3. The van der Waals surface area contributed by atoms with Crippen molar-refractivity contribution in [3.05, 3.63) is 70.9 Å². The first-order valence-electron chi connectivity index (χ1n) is 11.7. The van der Waals surface area contributed by atoms with E-state index in [0.717, 1.165) is 32.4 Å². The standard InChI is InChI=1S/C26H29N3O3/c30-26(27-32-24-7-3-4-14-31-24)19-10-8-18(9-11-19)15-29-22-6-2-1-5-21(22)25-20-12-13-28(16-20)17-23(25)29/h1-2,5-6,8-11,20,24H,3-4,7,12-17H2,(H,27,30). The molecule has 3 aliphatic rings. The van der Waals surface area contributed by atoms with Crippen LogP contribution in [0.2, 0.25) is 0 Å². The van der Waals surface area contributed by atoms with E-state index >= 15 is 0 Å². The number of rotatable bonds is 5. The van der Waals surface area contributed by atoms with E-state index in [1.807, 2.05) is 24.3 Å². The summed E-state index contributed by atoms with van der Waals surface area (Å²) in [4.78, 5) is 20.5. The molecule has 3 aliphatic heterocycles. The van der Waals surface area contributed by atoms with Crippen molar-refractivity contribution in [3.8, 4) is 0 Å². The molecule has 6 rings (SSSR count). The Morgan fingerprint density at radius 2 is 1.97 bits per heavy atom. The maximum absolute atomic E-state index is 12.5. The van der Waals surface area contributed by atoms with Crippen LogP contribution >= 0.6 is 0 Å². The van der Waals surface area contributed by atoms with Crippen LogP contribution in [0.1, 0.15) is 58.8 Å². The van der Waals surface area contributed by atoms with Crippen LogP contribution in [0.3, 0.4) is 0 Å². The number of benzene rings is 2. The molecule has 3 aromatic rings. The summed E-state index contributed by atoms with van der Waals surface area (Å²) < 4.78 is 7.98. The van der Waals surface area contributed by atoms with Gasteiger partial charge in [-0.1, -0.05) is 30.3 Å². The fraction of sp³-hybridized carbons (Fsp3) is 0.423. The van der Waals surface area contributed by atoms with Gasteiger partial charge < -0.3 is 9.30 Å². The van der Waals surface area contributed by atoms with Crippen molar-refractivity contribution in [3.63, 3.8) is 0 Å². The minimum absolute atomic E-state index is 0.237. The number of hydrogen-bond acceptors (Lipinski definition) is 4. The average molecular weight is 432 g/mol. The molecule has 0 radical (unpaired) electrons. The number of aromatic nitrogens is 1. The van der Waals surface area contributed by atoms with Crippen LogP contribution in [0.15, 0.2) is 48.5 Å². The number of amides is 1. The van der Waals surface area contributed by atoms with Gasteiger partial charge in [-0.15, -0.1) is 0 Å². The van der Waals surface area contributed by atoms with Gasteiger partial charge in [-0.2, -0.15) is 0 Å². The van der Waals surface area contributed by atoms with Gasteiger partial charge in [0.1, 0.15) is 0 Å². The topological polar surface area (TPSA) is 55.7 Å². The molecule has 1 amide bonds. The van der Waals surface area contributed by atoms with E-state index in [1.165, 1.54) is 41.7 Å². The van der Waals surface area contributed by atoms with Crippen LogP contribution in [-0.2, 0) is 22.7 Å². The Hall–Kier alpha value is -2.67. The fourth-order valence-electron chi connectivity index (χ4n) is 5.54. The summed E-state index contributed by atoms with van der Waals surface area (Å²) in [5, 5.41) is 1.41. The zero-order chi connectivity index (χ0) is 21.5. The van der Waals surface area contributed by atoms with E-state index in [-0.39, 0.29) is 12.2 Å². The molecule has 2 aromatic carbocycles. The Kier molecular flexibility index (Phi) is 5.21. The normalized spacial score (nSPS) is 24.4. The Bertz CT molecular complexity index is 1130. The van der Waals surface area contributed by atoms with Gasteiger partial charge in [0.25, 0.3) is 5.91 Å². The van der Waals surface area contributed by atoms with E-state index < -0.39 is 0 Å². The number of nitrogens with one attached hydrogen (secondary N) is 1. The SMILES string of the molecule is O=C(NOC1CCCCO1)c1ccc(Cn2c3c(c4ccccc42)C2CCN(C3)C2)cc1.